The highest BCUT2D eigenvalue weighted by Crippen LogP contribution is 2.41. The summed E-state index contributed by atoms with van der Waals surface area (Å²) in [5.41, 5.74) is 1.37. The van der Waals surface area contributed by atoms with Crippen LogP contribution in [0.4, 0.5) is 0 Å². The molecule has 4 fully saturated rings. The first-order valence-corrected chi connectivity index (χ1v) is 18.7. The summed E-state index contributed by atoms with van der Waals surface area (Å²) in [5, 5.41) is 0. The smallest absolute Gasteiger partial charge is 0.330 e. The minimum absolute atomic E-state index is 0.0263. The van der Waals surface area contributed by atoms with Crippen molar-refractivity contribution in [3.8, 4) is 5.75 Å². The van der Waals surface area contributed by atoms with Gasteiger partial charge in [0, 0.05) is 24.6 Å². The maximum Gasteiger partial charge on any atom is 0.330 e. The van der Waals surface area contributed by atoms with Gasteiger partial charge in [0.25, 0.3) is 0 Å². The molecule has 1 aromatic carbocycles. The van der Waals surface area contributed by atoms with E-state index in [-0.39, 0.29) is 24.2 Å². The third kappa shape index (κ3) is 14.4. The lowest BCUT2D eigenvalue weighted by atomic mass is 9.69. The number of hydrogen-bond acceptors (Lipinski definition) is 9. The number of epoxide rings is 1. The second kappa shape index (κ2) is 21.7. The van der Waals surface area contributed by atoms with Crippen LogP contribution in [-0.2, 0) is 38.1 Å². The molecule has 1 saturated heterocycles. The molecule has 1 atom stereocenters. The molecule has 1 heterocycles. The van der Waals surface area contributed by atoms with Gasteiger partial charge in [-0.25, -0.2) is 14.4 Å². The Bertz CT molecular complexity index is 1160. The van der Waals surface area contributed by atoms with Gasteiger partial charge in [0.1, 0.15) is 12.4 Å². The third-order valence-electron chi connectivity index (χ3n) is 10.7. The lowest BCUT2D eigenvalue weighted by Crippen LogP contribution is -2.28. The molecule has 5 rings (SSSR count). The Balaban J connectivity index is 0.000000226. The first-order chi connectivity index (χ1) is 24.4. The number of ether oxygens (including phenoxy) is 6. The van der Waals surface area contributed by atoms with Crippen LogP contribution in [0.25, 0.3) is 0 Å². The molecule has 1 aliphatic heterocycles. The zero-order chi connectivity index (χ0) is 35.6. The number of carbonyl (C=O) groups is 3. The van der Waals surface area contributed by atoms with Crippen molar-refractivity contribution in [3.63, 3.8) is 0 Å². The zero-order valence-electron chi connectivity index (χ0n) is 29.8. The Morgan fingerprint density at radius 1 is 0.620 bits per heavy atom. The molecule has 3 aliphatic carbocycles. The summed E-state index contributed by atoms with van der Waals surface area (Å²) in [6.07, 6.45) is 18.7. The van der Waals surface area contributed by atoms with Crippen LogP contribution in [0.15, 0.2) is 62.2 Å². The van der Waals surface area contributed by atoms with Gasteiger partial charge in [0.05, 0.1) is 33.0 Å². The van der Waals surface area contributed by atoms with Gasteiger partial charge in [0.2, 0.25) is 0 Å². The van der Waals surface area contributed by atoms with Crippen molar-refractivity contribution in [1.29, 1.82) is 0 Å². The van der Waals surface area contributed by atoms with E-state index >= 15 is 0 Å². The molecule has 1 unspecified atom stereocenters. The average Bonchev–Trinajstić information content (AvgIpc) is 4.00. The second-order valence-electron chi connectivity index (χ2n) is 14.2. The van der Waals surface area contributed by atoms with E-state index in [4.69, 9.17) is 28.4 Å². The number of benzene rings is 1. The molecule has 0 N–H and O–H groups in total. The normalized spacial score (nSPS) is 27.3. The number of hydrogen-bond donors (Lipinski definition) is 0. The summed E-state index contributed by atoms with van der Waals surface area (Å²) in [7, 11) is 0. The SMILES string of the molecule is C=CC(=O)OCC1CCC(C2CCC(COC(=O)C=C)CC2)CC1.C=CC(=O)OCC1CCC(c2ccc(OCCCOC3CO3)cc2)CC1. The van der Waals surface area contributed by atoms with E-state index in [1.165, 1.54) is 49.5 Å². The molecule has 9 nitrogen and oxygen atoms in total. The van der Waals surface area contributed by atoms with Gasteiger partial charge in [-0.15, -0.1) is 0 Å². The van der Waals surface area contributed by atoms with Crippen molar-refractivity contribution in [2.75, 3.05) is 39.6 Å². The fourth-order valence-corrected chi connectivity index (χ4v) is 7.53. The lowest BCUT2D eigenvalue weighted by molar-refractivity contribution is -0.140. The zero-order valence-corrected chi connectivity index (χ0v) is 29.8. The Morgan fingerprint density at radius 3 is 1.44 bits per heavy atom. The highest BCUT2D eigenvalue weighted by molar-refractivity contribution is 5.81. The summed E-state index contributed by atoms with van der Waals surface area (Å²) in [4.78, 5) is 33.4. The second-order valence-corrected chi connectivity index (χ2v) is 14.2. The summed E-state index contributed by atoms with van der Waals surface area (Å²) in [5.74, 6) is 3.67. The minimum atomic E-state index is -0.324. The van der Waals surface area contributed by atoms with Crippen LogP contribution in [0.1, 0.15) is 95.0 Å². The van der Waals surface area contributed by atoms with Gasteiger partial charge in [-0.1, -0.05) is 31.9 Å². The van der Waals surface area contributed by atoms with Crippen LogP contribution in [0, 0.1) is 29.6 Å². The van der Waals surface area contributed by atoms with Gasteiger partial charge in [-0.3, -0.25) is 0 Å². The number of rotatable bonds is 17. The van der Waals surface area contributed by atoms with Gasteiger partial charge in [-0.2, -0.15) is 0 Å². The van der Waals surface area contributed by atoms with Crippen molar-refractivity contribution in [2.24, 2.45) is 29.6 Å². The van der Waals surface area contributed by atoms with Crippen LogP contribution in [0.5, 0.6) is 5.75 Å². The molecule has 0 aromatic heterocycles. The average molecular weight is 695 g/mol. The van der Waals surface area contributed by atoms with Crippen molar-refractivity contribution in [3.05, 3.63) is 67.8 Å². The van der Waals surface area contributed by atoms with Crippen LogP contribution in [0.2, 0.25) is 0 Å². The summed E-state index contributed by atoms with van der Waals surface area (Å²) in [6, 6.07) is 8.45. The predicted octanol–water partition coefficient (Wildman–Crippen LogP) is 7.89. The molecular formula is C41H58O9. The topological polar surface area (TPSA) is 110 Å². The van der Waals surface area contributed by atoms with Crippen LogP contribution in [-0.4, -0.2) is 63.8 Å². The number of carbonyl (C=O) groups excluding carboxylic acids is 3. The molecule has 0 radical (unpaired) electrons. The Hall–Kier alpha value is -3.43. The minimum Gasteiger partial charge on any atom is -0.494 e. The molecule has 3 saturated carbocycles. The highest BCUT2D eigenvalue weighted by atomic mass is 16.8. The van der Waals surface area contributed by atoms with Gasteiger partial charge < -0.3 is 28.4 Å². The molecule has 0 spiro atoms. The molecule has 0 bridgehead atoms. The van der Waals surface area contributed by atoms with Gasteiger partial charge in [-0.05, 0) is 130 Å². The van der Waals surface area contributed by atoms with E-state index in [0.29, 0.717) is 56.7 Å². The molecule has 276 valence electrons. The Kier molecular flexibility index (Phi) is 17.1. The van der Waals surface area contributed by atoms with Crippen molar-refractivity contribution < 1.29 is 42.8 Å². The summed E-state index contributed by atoms with van der Waals surface area (Å²) >= 11 is 0. The van der Waals surface area contributed by atoms with E-state index < -0.39 is 0 Å². The predicted molar refractivity (Wildman–Crippen MR) is 191 cm³/mol. The maximum atomic E-state index is 11.2. The molecule has 1 aromatic rings. The van der Waals surface area contributed by atoms with E-state index in [9.17, 15) is 14.4 Å². The number of esters is 3. The fourth-order valence-electron chi connectivity index (χ4n) is 7.53. The largest absolute Gasteiger partial charge is 0.494 e. The van der Waals surface area contributed by atoms with Crippen molar-refractivity contribution >= 4 is 17.9 Å². The molecular weight excluding hydrogens is 636 g/mol. The van der Waals surface area contributed by atoms with Crippen molar-refractivity contribution in [1.82, 2.24) is 0 Å². The van der Waals surface area contributed by atoms with E-state index in [1.807, 2.05) is 0 Å². The standard InChI is InChI=1S/C21H28O5.C20H30O4/c1-2-20(22)25-14-16-4-6-17(7-5-16)18-8-10-19(11-9-18)23-12-3-13-24-21-15-26-21;1-3-19(21)23-13-15-5-9-17(10-6-15)18-11-7-16(8-12-18)14-24-20(22)4-2/h2,8-11,16-17,21H,1,3-7,12-15H2;3-4,15-18H,1-2,5-14H2. The fraction of sp³-hybridized carbons (Fsp3) is 0.634. The van der Waals surface area contributed by atoms with E-state index in [2.05, 4.69) is 44.0 Å². The summed E-state index contributed by atoms with van der Waals surface area (Å²) in [6.45, 7) is 13.9. The third-order valence-corrected chi connectivity index (χ3v) is 10.7. The first kappa shape index (κ1) is 39.4. The quantitative estimate of drug-likeness (QED) is 0.0529. The van der Waals surface area contributed by atoms with Gasteiger partial charge >= 0.3 is 17.9 Å². The van der Waals surface area contributed by atoms with E-state index in [0.717, 1.165) is 82.0 Å². The first-order valence-electron chi connectivity index (χ1n) is 18.7. The Morgan fingerprint density at radius 2 is 1.04 bits per heavy atom. The molecule has 4 aliphatic rings. The molecule has 50 heavy (non-hydrogen) atoms. The van der Waals surface area contributed by atoms with Crippen LogP contribution in [0.3, 0.4) is 0 Å². The van der Waals surface area contributed by atoms with Crippen LogP contribution < -0.4 is 4.74 Å². The lowest BCUT2D eigenvalue weighted by Gasteiger charge is -2.37. The maximum absolute atomic E-state index is 11.2. The Labute approximate surface area is 298 Å². The highest BCUT2D eigenvalue weighted by Gasteiger charge is 2.31. The van der Waals surface area contributed by atoms with Gasteiger partial charge in [0.15, 0.2) is 6.29 Å². The monoisotopic (exact) mass is 694 g/mol. The van der Waals surface area contributed by atoms with Crippen molar-refractivity contribution in [2.45, 2.75) is 95.7 Å². The molecule has 9 heteroatoms. The van der Waals surface area contributed by atoms with Crippen LogP contribution >= 0.6 is 0 Å². The van der Waals surface area contributed by atoms with E-state index in [1.54, 1.807) is 0 Å². The molecule has 0 amide bonds. The summed E-state index contributed by atoms with van der Waals surface area (Å²) < 4.78 is 31.7.